The first-order valence-electron chi connectivity index (χ1n) is 12.4. The molecule has 0 radical (unpaired) electrons. The molecule has 7 nitrogen and oxygen atoms in total. The highest BCUT2D eigenvalue weighted by Crippen LogP contribution is 2.19. The Hall–Kier alpha value is -3.71. The van der Waals surface area contributed by atoms with Gasteiger partial charge in [0.2, 0.25) is 17.7 Å². The first-order valence-corrected chi connectivity index (χ1v) is 12.4. The van der Waals surface area contributed by atoms with Crippen LogP contribution in [-0.4, -0.2) is 35.5 Å². The number of amides is 3. The number of nitrogens with one attached hydrogen (secondary N) is 3. The van der Waals surface area contributed by atoms with Gasteiger partial charge in [-0.1, -0.05) is 86.6 Å². The smallest absolute Gasteiger partial charge is 0.244 e. The third-order valence-corrected chi connectivity index (χ3v) is 6.13. The zero-order chi connectivity index (χ0) is 25.9. The van der Waals surface area contributed by atoms with Crippen LogP contribution in [0.2, 0.25) is 0 Å². The summed E-state index contributed by atoms with van der Waals surface area (Å²) < 4.78 is 0. The molecule has 0 saturated heterocycles. The average Bonchev–Trinajstić information content (AvgIpc) is 2.88. The van der Waals surface area contributed by atoms with Crippen LogP contribution in [0.4, 0.5) is 0 Å². The Kier molecular flexibility index (Phi) is 10.0. The monoisotopic (exact) mass is 489 g/mol. The van der Waals surface area contributed by atoms with Crippen LogP contribution in [0.3, 0.4) is 0 Å². The lowest BCUT2D eigenvalue weighted by molar-refractivity contribution is -0.136. The molecule has 3 aromatic rings. The molecule has 0 aliphatic rings. The maximum absolute atomic E-state index is 13.2. The minimum absolute atomic E-state index is 0.154. The van der Waals surface area contributed by atoms with Gasteiger partial charge >= 0.3 is 0 Å². The molecular formula is C29H35N3O4. The maximum atomic E-state index is 13.2. The van der Waals surface area contributed by atoms with E-state index in [2.05, 4.69) is 10.6 Å². The molecule has 2 atom stereocenters. The first-order chi connectivity index (χ1) is 17.4. The summed E-state index contributed by atoms with van der Waals surface area (Å²) in [6, 6.07) is 23.0. The molecule has 0 aromatic heterocycles. The minimum atomic E-state index is -0.804. The Morgan fingerprint density at radius 1 is 0.833 bits per heavy atom. The number of fused-ring (bicyclic) bond motifs is 1. The van der Waals surface area contributed by atoms with Gasteiger partial charge in [-0.2, -0.15) is 0 Å². The van der Waals surface area contributed by atoms with Crippen molar-refractivity contribution < 1.29 is 19.6 Å². The van der Waals surface area contributed by atoms with E-state index in [0.717, 1.165) is 21.9 Å². The molecule has 4 N–H and O–H groups in total. The predicted octanol–water partition coefficient (Wildman–Crippen LogP) is 3.78. The molecule has 3 amide bonds. The number of hydroxylamine groups is 1. The largest absolute Gasteiger partial charge is 0.354 e. The van der Waals surface area contributed by atoms with Gasteiger partial charge in [-0.05, 0) is 40.7 Å². The van der Waals surface area contributed by atoms with Crippen LogP contribution in [0.1, 0.15) is 37.8 Å². The molecule has 0 heterocycles. The highest BCUT2D eigenvalue weighted by Gasteiger charge is 2.28. The predicted molar refractivity (Wildman–Crippen MR) is 140 cm³/mol. The van der Waals surface area contributed by atoms with Crippen molar-refractivity contribution in [3.05, 3.63) is 83.9 Å². The lowest BCUT2D eigenvalue weighted by Crippen LogP contribution is -2.50. The molecule has 3 aromatic carbocycles. The van der Waals surface area contributed by atoms with E-state index in [1.54, 1.807) is 5.48 Å². The van der Waals surface area contributed by atoms with E-state index in [1.165, 1.54) is 0 Å². The Morgan fingerprint density at radius 2 is 1.53 bits per heavy atom. The molecule has 190 valence electrons. The number of hydrogen-bond acceptors (Lipinski definition) is 4. The van der Waals surface area contributed by atoms with Crippen LogP contribution in [0, 0.1) is 11.8 Å². The van der Waals surface area contributed by atoms with Crippen molar-refractivity contribution in [1.82, 2.24) is 16.1 Å². The molecule has 36 heavy (non-hydrogen) atoms. The first kappa shape index (κ1) is 26.9. The fourth-order valence-corrected chi connectivity index (χ4v) is 4.32. The van der Waals surface area contributed by atoms with Gasteiger partial charge in [0.25, 0.3) is 0 Å². The second-order valence-electron chi connectivity index (χ2n) is 9.54. The summed E-state index contributed by atoms with van der Waals surface area (Å²) in [7, 11) is 0. The van der Waals surface area contributed by atoms with Gasteiger partial charge in [0.15, 0.2) is 0 Å². The van der Waals surface area contributed by atoms with Crippen LogP contribution >= 0.6 is 0 Å². The Morgan fingerprint density at radius 3 is 2.22 bits per heavy atom. The van der Waals surface area contributed by atoms with Crippen LogP contribution < -0.4 is 16.1 Å². The molecule has 7 heteroatoms. The van der Waals surface area contributed by atoms with Gasteiger partial charge in [0, 0.05) is 25.3 Å². The van der Waals surface area contributed by atoms with Gasteiger partial charge in [0.05, 0.1) is 0 Å². The number of carbonyl (C=O) groups is 3. The fourth-order valence-electron chi connectivity index (χ4n) is 4.32. The Balaban J connectivity index is 1.75. The van der Waals surface area contributed by atoms with Crippen LogP contribution in [-0.2, 0) is 27.2 Å². The van der Waals surface area contributed by atoms with Gasteiger partial charge in [-0.3, -0.25) is 19.6 Å². The van der Waals surface area contributed by atoms with E-state index in [-0.39, 0.29) is 24.2 Å². The summed E-state index contributed by atoms with van der Waals surface area (Å²) in [4.78, 5) is 38.2. The van der Waals surface area contributed by atoms with Crippen molar-refractivity contribution in [3.8, 4) is 0 Å². The molecule has 0 spiro atoms. The lowest BCUT2D eigenvalue weighted by Gasteiger charge is -2.23. The summed E-state index contributed by atoms with van der Waals surface area (Å²) in [5.74, 6) is -1.79. The third-order valence-electron chi connectivity index (χ3n) is 6.13. The average molecular weight is 490 g/mol. The molecule has 0 unspecified atom stereocenters. The maximum Gasteiger partial charge on any atom is 0.244 e. The second kappa shape index (κ2) is 13.4. The number of hydrogen-bond donors (Lipinski definition) is 4. The lowest BCUT2D eigenvalue weighted by atomic mass is 9.92. The topological polar surface area (TPSA) is 108 Å². The van der Waals surface area contributed by atoms with Crippen molar-refractivity contribution in [2.75, 3.05) is 6.54 Å². The highest BCUT2D eigenvalue weighted by atomic mass is 16.5. The third kappa shape index (κ3) is 8.20. The van der Waals surface area contributed by atoms with Crippen LogP contribution in [0.5, 0.6) is 0 Å². The van der Waals surface area contributed by atoms with E-state index >= 15 is 0 Å². The molecule has 0 saturated carbocycles. The SMILES string of the molecule is CC(C)C[C@H](CC(=O)NO)C(=O)N[C@@H](Cc1ccc2ccccc2c1)C(=O)NCCc1ccccc1. The molecule has 0 aliphatic carbocycles. The van der Waals surface area contributed by atoms with Crippen molar-refractivity contribution in [3.63, 3.8) is 0 Å². The van der Waals surface area contributed by atoms with E-state index in [1.807, 2.05) is 86.6 Å². The number of benzene rings is 3. The normalized spacial score (nSPS) is 12.7. The fraction of sp³-hybridized carbons (Fsp3) is 0.345. The summed E-state index contributed by atoms with van der Waals surface area (Å²) >= 11 is 0. The second-order valence-corrected chi connectivity index (χ2v) is 9.54. The molecular weight excluding hydrogens is 454 g/mol. The zero-order valence-corrected chi connectivity index (χ0v) is 20.9. The summed E-state index contributed by atoms with van der Waals surface area (Å²) in [5.41, 5.74) is 3.63. The quantitative estimate of drug-likeness (QED) is 0.229. The van der Waals surface area contributed by atoms with Crippen LogP contribution in [0.25, 0.3) is 10.8 Å². The minimum Gasteiger partial charge on any atom is -0.354 e. The van der Waals surface area contributed by atoms with Gasteiger partial charge < -0.3 is 10.6 Å². The molecule has 0 fully saturated rings. The van der Waals surface area contributed by atoms with E-state index in [9.17, 15) is 14.4 Å². The number of rotatable bonds is 12. The van der Waals surface area contributed by atoms with E-state index in [4.69, 9.17) is 5.21 Å². The van der Waals surface area contributed by atoms with Crippen molar-refractivity contribution in [2.24, 2.45) is 11.8 Å². The molecule has 3 rings (SSSR count). The standard InChI is InChI=1S/C29H35N3O4/c1-20(2)16-25(19-27(33)32-36)28(34)31-26(29(35)30-15-14-21-8-4-3-5-9-21)18-22-12-13-23-10-6-7-11-24(23)17-22/h3-13,17,20,25-26,36H,14-16,18-19H2,1-2H3,(H,30,35)(H,31,34)(H,32,33)/t25-,26+/m1/s1. The summed E-state index contributed by atoms with van der Waals surface area (Å²) in [6.07, 6.45) is 1.29. The van der Waals surface area contributed by atoms with Crippen LogP contribution in [0.15, 0.2) is 72.8 Å². The van der Waals surface area contributed by atoms with Crippen molar-refractivity contribution in [2.45, 2.75) is 45.6 Å². The molecule has 0 aliphatic heterocycles. The van der Waals surface area contributed by atoms with E-state index in [0.29, 0.717) is 25.8 Å². The van der Waals surface area contributed by atoms with Crippen molar-refractivity contribution in [1.29, 1.82) is 0 Å². The van der Waals surface area contributed by atoms with Gasteiger partial charge in [-0.15, -0.1) is 0 Å². The summed E-state index contributed by atoms with van der Waals surface area (Å²) in [6.45, 7) is 4.36. The van der Waals surface area contributed by atoms with Gasteiger partial charge in [-0.25, -0.2) is 5.48 Å². The number of carbonyl (C=O) groups excluding carboxylic acids is 3. The van der Waals surface area contributed by atoms with E-state index < -0.39 is 17.9 Å². The Bertz CT molecular complexity index is 1160. The van der Waals surface area contributed by atoms with Crippen molar-refractivity contribution >= 4 is 28.5 Å². The zero-order valence-electron chi connectivity index (χ0n) is 20.9. The Labute approximate surface area is 212 Å². The van der Waals surface area contributed by atoms with Gasteiger partial charge in [0.1, 0.15) is 6.04 Å². The molecule has 0 bridgehead atoms. The highest BCUT2D eigenvalue weighted by molar-refractivity contribution is 5.91. The summed E-state index contributed by atoms with van der Waals surface area (Å²) in [5, 5.41) is 16.9.